The highest BCUT2D eigenvalue weighted by atomic mass is 16.5. The van der Waals surface area contributed by atoms with Gasteiger partial charge in [-0.2, -0.15) is 0 Å². The number of hydrogen-bond acceptors (Lipinski definition) is 3. The highest BCUT2D eigenvalue weighted by molar-refractivity contribution is 5.72. The molecule has 0 aromatic heterocycles. The van der Waals surface area contributed by atoms with Crippen molar-refractivity contribution in [3.8, 4) is 0 Å². The molecule has 0 spiro atoms. The molecule has 0 unspecified atom stereocenters. The van der Waals surface area contributed by atoms with Crippen LogP contribution in [0.2, 0.25) is 0 Å². The minimum absolute atomic E-state index is 0.114. The minimum atomic E-state index is 0.114. The van der Waals surface area contributed by atoms with Crippen LogP contribution in [-0.4, -0.2) is 62.7 Å². The topological polar surface area (TPSA) is 32.8 Å². The van der Waals surface area contributed by atoms with Crippen LogP contribution in [0, 0.1) is 0 Å². The monoisotopic (exact) mass is 202 g/mol. The molecule has 0 aromatic rings. The second-order valence-electron chi connectivity index (χ2n) is 3.44. The largest absolute Gasteiger partial charge is 0.380 e. The van der Waals surface area contributed by atoms with Crippen molar-refractivity contribution < 1.29 is 9.53 Å². The number of carbonyl (C=O) groups excluding carboxylic acids is 1. The average molecular weight is 202 g/mol. The van der Waals surface area contributed by atoms with Gasteiger partial charge >= 0.3 is 0 Å². The van der Waals surface area contributed by atoms with Crippen molar-refractivity contribution in [2.45, 2.75) is 13.8 Å². The van der Waals surface area contributed by atoms with Gasteiger partial charge in [-0.25, -0.2) is 0 Å². The van der Waals surface area contributed by atoms with Crippen LogP contribution in [0.25, 0.3) is 0 Å². The smallest absolute Gasteiger partial charge is 0.219 e. The van der Waals surface area contributed by atoms with Crippen LogP contribution in [0.4, 0.5) is 0 Å². The number of amides is 1. The summed E-state index contributed by atoms with van der Waals surface area (Å²) >= 11 is 0. The van der Waals surface area contributed by atoms with E-state index in [4.69, 9.17) is 4.74 Å². The quantitative estimate of drug-likeness (QED) is 0.561. The maximum absolute atomic E-state index is 10.9. The Balaban J connectivity index is 3.43. The van der Waals surface area contributed by atoms with Crippen LogP contribution in [0.3, 0.4) is 0 Å². The van der Waals surface area contributed by atoms with Gasteiger partial charge in [-0.3, -0.25) is 4.79 Å². The van der Waals surface area contributed by atoms with E-state index in [9.17, 15) is 4.79 Å². The zero-order valence-electron chi connectivity index (χ0n) is 9.75. The zero-order valence-corrected chi connectivity index (χ0v) is 9.75. The first-order chi connectivity index (χ1) is 6.57. The van der Waals surface area contributed by atoms with E-state index in [-0.39, 0.29) is 5.91 Å². The van der Waals surface area contributed by atoms with Crippen LogP contribution in [0.1, 0.15) is 13.8 Å². The molecule has 0 radical (unpaired) electrons. The lowest BCUT2D eigenvalue weighted by molar-refractivity contribution is -0.127. The lowest BCUT2D eigenvalue weighted by atomic mass is 10.4. The molecule has 1 amide bonds. The summed E-state index contributed by atoms with van der Waals surface area (Å²) in [7, 11) is 3.85. The third-order valence-corrected chi connectivity index (χ3v) is 2.18. The molecule has 0 N–H and O–H groups in total. The van der Waals surface area contributed by atoms with Gasteiger partial charge in [0, 0.05) is 40.2 Å². The molecule has 4 heteroatoms. The Morgan fingerprint density at radius 1 is 1.21 bits per heavy atom. The Morgan fingerprint density at radius 3 is 2.36 bits per heavy atom. The summed E-state index contributed by atoms with van der Waals surface area (Å²) in [5, 5.41) is 0. The van der Waals surface area contributed by atoms with Gasteiger partial charge in [-0.1, -0.05) is 0 Å². The average Bonchev–Trinajstić information content (AvgIpc) is 2.14. The molecule has 14 heavy (non-hydrogen) atoms. The van der Waals surface area contributed by atoms with Gasteiger partial charge in [0.05, 0.1) is 6.61 Å². The maximum atomic E-state index is 10.9. The van der Waals surface area contributed by atoms with Crippen LogP contribution < -0.4 is 0 Å². The first-order valence-corrected chi connectivity index (χ1v) is 5.06. The maximum Gasteiger partial charge on any atom is 0.219 e. The Morgan fingerprint density at radius 2 is 1.86 bits per heavy atom. The molecular formula is C10H22N2O2. The number of rotatable bonds is 7. The first-order valence-electron chi connectivity index (χ1n) is 5.06. The van der Waals surface area contributed by atoms with Crippen LogP contribution in [0.15, 0.2) is 0 Å². The second kappa shape index (κ2) is 7.76. The fourth-order valence-electron chi connectivity index (χ4n) is 0.955. The van der Waals surface area contributed by atoms with Gasteiger partial charge in [0.15, 0.2) is 0 Å². The van der Waals surface area contributed by atoms with Crippen molar-refractivity contribution in [2.24, 2.45) is 0 Å². The Hall–Kier alpha value is -0.610. The molecule has 0 aromatic carbocycles. The summed E-state index contributed by atoms with van der Waals surface area (Å²) in [6, 6.07) is 0. The summed E-state index contributed by atoms with van der Waals surface area (Å²) in [5.74, 6) is 0.114. The van der Waals surface area contributed by atoms with Crippen molar-refractivity contribution in [1.82, 2.24) is 9.80 Å². The molecule has 84 valence electrons. The van der Waals surface area contributed by atoms with Crippen LogP contribution >= 0.6 is 0 Å². The molecule has 0 heterocycles. The molecule has 0 aliphatic heterocycles. The molecule has 0 fully saturated rings. The van der Waals surface area contributed by atoms with E-state index in [0.29, 0.717) is 0 Å². The second-order valence-corrected chi connectivity index (χ2v) is 3.44. The van der Waals surface area contributed by atoms with E-state index >= 15 is 0 Å². The standard InChI is InChI=1S/C10H22N2O2/c1-5-14-9-8-11(3)6-7-12(4)10(2)13/h5-9H2,1-4H3. The third kappa shape index (κ3) is 6.86. The van der Waals surface area contributed by atoms with Crippen molar-refractivity contribution in [2.75, 3.05) is 46.9 Å². The normalized spacial score (nSPS) is 10.6. The minimum Gasteiger partial charge on any atom is -0.380 e. The molecule has 0 bridgehead atoms. The van der Waals surface area contributed by atoms with Gasteiger partial charge in [0.25, 0.3) is 0 Å². The van der Waals surface area contributed by atoms with Gasteiger partial charge in [-0.15, -0.1) is 0 Å². The number of likely N-dealkylation sites (N-methyl/N-ethyl adjacent to an activating group) is 2. The van der Waals surface area contributed by atoms with Gasteiger partial charge in [0.2, 0.25) is 5.91 Å². The molecule has 0 aliphatic rings. The van der Waals surface area contributed by atoms with Crippen LogP contribution in [-0.2, 0) is 9.53 Å². The summed E-state index contributed by atoms with van der Waals surface area (Å²) in [4.78, 5) is 14.8. The summed E-state index contributed by atoms with van der Waals surface area (Å²) in [6.07, 6.45) is 0. The highest BCUT2D eigenvalue weighted by Gasteiger charge is 2.03. The zero-order chi connectivity index (χ0) is 11.0. The first kappa shape index (κ1) is 13.4. The fourth-order valence-corrected chi connectivity index (χ4v) is 0.955. The highest BCUT2D eigenvalue weighted by Crippen LogP contribution is 1.88. The molecule has 0 atom stereocenters. The Labute approximate surface area is 86.8 Å². The molecule has 0 saturated heterocycles. The molecule has 0 saturated carbocycles. The number of carbonyl (C=O) groups is 1. The van der Waals surface area contributed by atoms with E-state index < -0.39 is 0 Å². The van der Waals surface area contributed by atoms with Crippen molar-refractivity contribution in [3.63, 3.8) is 0 Å². The molecular weight excluding hydrogens is 180 g/mol. The summed E-state index contributed by atoms with van der Waals surface area (Å²) in [5.41, 5.74) is 0. The summed E-state index contributed by atoms with van der Waals surface area (Å²) in [6.45, 7) is 7.68. The molecule has 4 nitrogen and oxygen atoms in total. The SMILES string of the molecule is CCOCCN(C)CCN(C)C(C)=O. The predicted octanol–water partition coefficient (Wildman–Crippen LogP) is 0.433. The van der Waals surface area contributed by atoms with E-state index in [2.05, 4.69) is 4.90 Å². The van der Waals surface area contributed by atoms with Crippen molar-refractivity contribution >= 4 is 5.91 Å². The lowest BCUT2D eigenvalue weighted by Crippen LogP contribution is -2.34. The molecule has 0 aliphatic carbocycles. The van der Waals surface area contributed by atoms with Gasteiger partial charge in [-0.05, 0) is 14.0 Å². The van der Waals surface area contributed by atoms with E-state index in [1.807, 2.05) is 21.0 Å². The number of ether oxygens (including phenoxy) is 1. The fraction of sp³-hybridized carbons (Fsp3) is 0.900. The van der Waals surface area contributed by atoms with Gasteiger partial charge < -0.3 is 14.5 Å². The van der Waals surface area contributed by atoms with E-state index in [1.54, 1.807) is 11.8 Å². The van der Waals surface area contributed by atoms with Crippen LogP contribution in [0.5, 0.6) is 0 Å². The Kier molecular flexibility index (Phi) is 7.42. The predicted molar refractivity (Wildman–Crippen MR) is 57.3 cm³/mol. The lowest BCUT2D eigenvalue weighted by Gasteiger charge is -2.20. The third-order valence-electron chi connectivity index (χ3n) is 2.18. The molecule has 0 rings (SSSR count). The summed E-state index contributed by atoms with van der Waals surface area (Å²) < 4.78 is 5.24. The van der Waals surface area contributed by atoms with Crippen molar-refractivity contribution in [3.05, 3.63) is 0 Å². The van der Waals surface area contributed by atoms with E-state index in [0.717, 1.165) is 32.8 Å². The number of hydrogen-bond donors (Lipinski definition) is 0. The van der Waals surface area contributed by atoms with Gasteiger partial charge in [0.1, 0.15) is 0 Å². The van der Waals surface area contributed by atoms with E-state index in [1.165, 1.54) is 0 Å². The van der Waals surface area contributed by atoms with Crippen molar-refractivity contribution in [1.29, 1.82) is 0 Å². The number of nitrogens with zero attached hydrogens (tertiary/aromatic N) is 2. The Bertz CT molecular complexity index is 162.